The van der Waals surface area contributed by atoms with Crippen LogP contribution in [0.5, 0.6) is 5.75 Å². The molecule has 2 N–H and O–H groups in total. The van der Waals surface area contributed by atoms with Crippen molar-refractivity contribution in [2.45, 2.75) is 16.1 Å². The smallest absolute Gasteiger partial charge is 0.131 e. The summed E-state index contributed by atoms with van der Waals surface area (Å²) in [4.78, 5) is 1.40. The van der Waals surface area contributed by atoms with Crippen molar-refractivity contribution in [2.75, 3.05) is 5.32 Å². The number of anilines is 2. The molecule has 7 rings (SSSR count). The zero-order chi connectivity index (χ0) is 26.2. The average Bonchev–Trinajstić information content (AvgIpc) is 2.98. The molecular weight excluding hydrogens is 494 g/mol. The Morgan fingerprint density at radius 1 is 0.615 bits per heavy atom. The van der Waals surface area contributed by atoms with Crippen molar-refractivity contribution in [1.29, 1.82) is 0 Å². The lowest BCUT2D eigenvalue weighted by Gasteiger charge is -2.43. The number of hydrogen-bond donors (Lipinski definition) is 2. The van der Waals surface area contributed by atoms with Gasteiger partial charge in [-0.2, -0.15) is 0 Å². The number of phenolic OH excluding ortho intramolecular Hbond substituents is 1. The van der Waals surface area contributed by atoms with Gasteiger partial charge in [0, 0.05) is 27.4 Å². The number of thioether (sulfide) groups is 1. The van der Waals surface area contributed by atoms with E-state index >= 15 is 0 Å². The second kappa shape index (κ2) is 9.68. The number of nitrogens with one attached hydrogen (secondary N) is 1. The number of phenols is 1. The molecule has 0 saturated carbocycles. The minimum absolute atomic E-state index is 0.0778. The molecule has 3 heteroatoms. The third-order valence-electron chi connectivity index (χ3n) is 7.61. The third kappa shape index (κ3) is 4.35. The number of aromatic hydroxyl groups is 1. The summed E-state index contributed by atoms with van der Waals surface area (Å²) in [5, 5.41) is 14.5. The summed E-state index contributed by atoms with van der Waals surface area (Å²) in [6, 6.07) is 41.6. The first-order chi connectivity index (χ1) is 19.2. The van der Waals surface area contributed by atoms with Gasteiger partial charge in [0.2, 0.25) is 0 Å². The lowest BCUT2D eigenvalue weighted by Crippen LogP contribution is -2.29. The SMILES string of the molecule is Oc1c(-c2ccccc2)cccc1-c1ccc(Nc2ccc(C3=CC=CC4(C3)Sc3ccccc34)cc2)cc1. The fourth-order valence-corrected chi connectivity index (χ4v) is 6.99. The molecule has 0 fully saturated rings. The molecule has 5 aromatic carbocycles. The maximum atomic E-state index is 11.0. The topological polar surface area (TPSA) is 32.3 Å². The van der Waals surface area contributed by atoms with Gasteiger partial charge >= 0.3 is 0 Å². The van der Waals surface area contributed by atoms with Gasteiger partial charge in [-0.15, -0.1) is 11.8 Å². The van der Waals surface area contributed by atoms with Crippen LogP contribution in [0, 0.1) is 0 Å². The van der Waals surface area contributed by atoms with Crippen LogP contribution in [-0.4, -0.2) is 5.11 Å². The van der Waals surface area contributed by atoms with Crippen LogP contribution in [0.3, 0.4) is 0 Å². The number of allylic oxidation sites excluding steroid dienone is 3. The molecule has 39 heavy (non-hydrogen) atoms. The van der Waals surface area contributed by atoms with Gasteiger partial charge in [-0.05, 0) is 64.6 Å². The fourth-order valence-electron chi connectivity index (χ4n) is 5.58. The van der Waals surface area contributed by atoms with E-state index in [1.807, 2.05) is 72.4 Å². The van der Waals surface area contributed by atoms with E-state index in [1.165, 1.54) is 21.6 Å². The van der Waals surface area contributed by atoms with Crippen molar-refractivity contribution in [3.63, 3.8) is 0 Å². The highest BCUT2D eigenvalue weighted by Crippen LogP contribution is 2.60. The Kier molecular flexibility index (Phi) is 5.87. The molecule has 0 saturated heterocycles. The van der Waals surface area contributed by atoms with Gasteiger partial charge in [0.1, 0.15) is 5.75 Å². The van der Waals surface area contributed by atoms with Gasteiger partial charge in [0.05, 0.1) is 4.75 Å². The molecule has 1 heterocycles. The van der Waals surface area contributed by atoms with Gasteiger partial charge in [0.15, 0.2) is 0 Å². The van der Waals surface area contributed by atoms with Crippen molar-refractivity contribution in [3.05, 3.63) is 151 Å². The lowest BCUT2D eigenvalue weighted by atomic mass is 9.84. The van der Waals surface area contributed by atoms with Gasteiger partial charge in [-0.25, -0.2) is 0 Å². The van der Waals surface area contributed by atoms with Crippen molar-refractivity contribution >= 4 is 28.7 Å². The minimum Gasteiger partial charge on any atom is -0.507 e. The molecule has 0 aromatic heterocycles. The summed E-state index contributed by atoms with van der Waals surface area (Å²) in [5.41, 5.74) is 9.77. The second-order valence-corrected chi connectivity index (χ2v) is 11.4. The molecule has 5 aromatic rings. The first-order valence-corrected chi connectivity index (χ1v) is 14.0. The van der Waals surface area contributed by atoms with Gasteiger partial charge in [0.25, 0.3) is 0 Å². The molecule has 1 aliphatic carbocycles. The minimum atomic E-state index is 0.0778. The Morgan fingerprint density at radius 3 is 1.92 bits per heavy atom. The molecule has 188 valence electrons. The third-order valence-corrected chi connectivity index (χ3v) is 9.05. The van der Waals surface area contributed by atoms with Crippen LogP contribution in [0.15, 0.2) is 144 Å². The second-order valence-electron chi connectivity index (χ2n) is 10.1. The fraction of sp³-hybridized carbons (Fsp3) is 0.0556. The number of benzene rings is 5. The zero-order valence-electron chi connectivity index (χ0n) is 21.3. The molecular formula is C36H27NOS. The van der Waals surface area contributed by atoms with E-state index < -0.39 is 0 Å². The zero-order valence-corrected chi connectivity index (χ0v) is 22.2. The molecule has 1 atom stereocenters. The number of rotatable bonds is 5. The molecule has 2 aliphatic rings. The van der Waals surface area contributed by atoms with Crippen LogP contribution in [0.4, 0.5) is 11.4 Å². The number of fused-ring (bicyclic) bond motifs is 2. The molecule has 1 unspecified atom stereocenters. The van der Waals surface area contributed by atoms with E-state index in [4.69, 9.17) is 0 Å². The van der Waals surface area contributed by atoms with Crippen molar-refractivity contribution < 1.29 is 5.11 Å². The van der Waals surface area contributed by atoms with E-state index in [2.05, 4.69) is 84.2 Å². The van der Waals surface area contributed by atoms with Gasteiger partial charge < -0.3 is 10.4 Å². The van der Waals surface area contributed by atoms with Crippen LogP contribution in [0.25, 0.3) is 27.8 Å². The van der Waals surface area contributed by atoms with E-state index in [9.17, 15) is 5.11 Å². The van der Waals surface area contributed by atoms with E-state index in [0.717, 1.165) is 40.0 Å². The maximum absolute atomic E-state index is 11.0. The highest BCUT2D eigenvalue weighted by atomic mass is 32.2. The Labute approximate surface area is 233 Å². The molecule has 2 nitrogen and oxygen atoms in total. The monoisotopic (exact) mass is 521 g/mol. The summed E-state index contributed by atoms with van der Waals surface area (Å²) in [5.74, 6) is 0.303. The average molecular weight is 522 g/mol. The van der Waals surface area contributed by atoms with Crippen LogP contribution >= 0.6 is 11.8 Å². The van der Waals surface area contributed by atoms with Crippen LogP contribution in [0.1, 0.15) is 17.5 Å². The Morgan fingerprint density at radius 2 is 1.23 bits per heavy atom. The Hall–Kier alpha value is -4.47. The van der Waals surface area contributed by atoms with Crippen LogP contribution < -0.4 is 5.32 Å². The summed E-state index contributed by atoms with van der Waals surface area (Å²) < 4.78 is 0.0778. The van der Waals surface area contributed by atoms with Gasteiger partial charge in [-0.1, -0.05) is 109 Å². The standard InChI is InChI=1S/C36H27NOS/c38-35-31(26-8-2-1-3-9-26)11-6-12-32(35)27-17-21-30(22-18-27)37-29-19-15-25(16-20-29)28-10-7-23-36(24-28)33-13-4-5-14-34(33)39-36/h1-23,37-38H,24H2. The first-order valence-electron chi connectivity index (χ1n) is 13.2. The molecule has 0 radical (unpaired) electrons. The van der Waals surface area contributed by atoms with E-state index in [-0.39, 0.29) is 4.75 Å². The highest BCUT2D eigenvalue weighted by Gasteiger charge is 2.42. The summed E-state index contributed by atoms with van der Waals surface area (Å²) in [7, 11) is 0. The predicted molar refractivity (Wildman–Crippen MR) is 164 cm³/mol. The molecule has 0 amide bonds. The van der Waals surface area contributed by atoms with Crippen molar-refractivity contribution in [3.8, 4) is 28.0 Å². The molecule has 1 aliphatic heterocycles. The van der Waals surface area contributed by atoms with Crippen molar-refractivity contribution in [1.82, 2.24) is 0 Å². The largest absolute Gasteiger partial charge is 0.507 e. The number of para-hydroxylation sites is 1. The lowest BCUT2D eigenvalue weighted by molar-refractivity contribution is 0.479. The van der Waals surface area contributed by atoms with E-state index in [0.29, 0.717) is 5.75 Å². The maximum Gasteiger partial charge on any atom is 0.131 e. The summed E-state index contributed by atoms with van der Waals surface area (Å²) in [6.07, 6.45) is 7.82. The molecule has 0 bridgehead atoms. The first kappa shape index (κ1) is 23.6. The predicted octanol–water partition coefficient (Wildman–Crippen LogP) is 9.81. The summed E-state index contributed by atoms with van der Waals surface area (Å²) >= 11 is 1.97. The molecule has 1 spiro atoms. The van der Waals surface area contributed by atoms with E-state index in [1.54, 1.807) is 0 Å². The van der Waals surface area contributed by atoms with Crippen LogP contribution in [0.2, 0.25) is 0 Å². The Bertz CT molecular complexity index is 1720. The highest BCUT2D eigenvalue weighted by molar-refractivity contribution is 8.02. The Balaban J connectivity index is 1.06. The van der Waals surface area contributed by atoms with Crippen LogP contribution in [-0.2, 0) is 4.75 Å². The summed E-state index contributed by atoms with van der Waals surface area (Å²) in [6.45, 7) is 0. The number of hydrogen-bond acceptors (Lipinski definition) is 3. The normalized spacial score (nSPS) is 17.3. The quantitative estimate of drug-likeness (QED) is 0.241. The van der Waals surface area contributed by atoms with Gasteiger partial charge in [-0.3, -0.25) is 0 Å². The van der Waals surface area contributed by atoms with Crippen molar-refractivity contribution in [2.24, 2.45) is 0 Å².